The van der Waals surface area contributed by atoms with E-state index in [0.29, 0.717) is 12.0 Å². The van der Waals surface area contributed by atoms with Crippen LogP contribution in [0.3, 0.4) is 0 Å². The normalized spacial score (nSPS) is 39.9. The predicted octanol–water partition coefficient (Wildman–Crippen LogP) is 1.93. The minimum Gasteiger partial charge on any atom is -0.462 e. The van der Waals surface area contributed by atoms with Crippen LogP contribution in [0.15, 0.2) is 30.3 Å². The first-order chi connectivity index (χ1) is 11.5. The molecule has 3 bridgehead atoms. The van der Waals surface area contributed by atoms with Crippen LogP contribution in [0.5, 0.6) is 0 Å². The molecule has 3 aliphatic rings. The van der Waals surface area contributed by atoms with E-state index in [1.807, 2.05) is 13.0 Å². The molecular formula is C18H20O6. The summed E-state index contributed by atoms with van der Waals surface area (Å²) in [4.78, 5) is 24.6. The first-order valence-corrected chi connectivity index (χ1v) is 8.14. The van der Waals surface area contributed by atoms with Crippen LogP contribution in [0.4, 0.5) is 0 Å². The standard InChI is InChI=1S/C18H20O6/c1-17-9-14(19)12-8-18(17,21-2)24-16(23-17)13(12)10-22-15(20)11-6-4-3-5-7-11/h3-7,12-13,16H,8-10H2,1-2H3. The largest absolute Gasteiger partial charge is 0.462 e. The summed E-state index contributed by atoms with van der Waals surface area (Å²) < 4.78 is 23.0. The third-order valence-electron chi connectivity index (χ3n) is 5.51. The number of ether oxygens (including phenoxy) is 4. The van der Waals surface area contributed by atoms with Crippen LogP contribution < -0.4 is 0 Å². The second-order valence-corrected chi connectivity index (χ2v) is 6.87. The third-order valence-corrected chi connectivity index (χ3v) is 5.51. The van der Waals surface area contributed by atoms with Crippen molar-refractivity contribution in [1.29, 1.82) is 0 Å². The highest BCUT2D eigenvalue weighted by atomic mass is 16.8. The molecule has 0 radical (unpaired) electrons. The second-order valence-electron chi connectivity index (χ2n) is 6.87. The number of esters is 1. The Hall–Kier alpha value is -1.76. The van der Waals surface area contributed by atoms with Crippen molar-refractivity contribution in [2.24, 2.45) is 11.8 Å². The fourth-order valence-corrected chi connectivity index (χ4v) is 4.12. The molecule has 3 fully saturated rings. The molecular weight excluding hydrogens is 312 g/mol. The third kappa shape index (κ3) is 2.13. The quantitative estimate of drug-likeness (QED) is 0.785. The van der Waals surface area contributed by atoms with Gasteiger partial charge in [-0.2, -0.15) is 0 Å². The van der Waals surface area contributed by atoms with Crippen molar-refractivity contribution in [3.63, 3.8) is 0 Å². The van der Waals surface area contributed by atoms with Crippen LogP contribution in [0.1, 0.15) is 30.1 Å². The number of fused-ring (bicyclic) bond motifs is 2. The lowest BCUT2D eigenvalue weighted by Gasteiger charge is -2.47. The van der Waals surface area contributed by atoms with Gasteiger partial charge in [-0.05, 0) is 19.1 Å². The fourth-order valence-electron chi connectivity index (χ4n) is 4.12. The van der Waals surface area contributed by atoms with Gasteiger partial charge in [-0.15, -0.1) is 0 Å². The summed E-state index contributed by atoms with van der Waals surface area (Å²) >= 11 is 0. The van der Waals surface area contributed by atoms with E-state index in [2.05, 4.69) is 0 Å². The van der Waals surface area contributed by atoms with E-state index in [0.717, 1.165) is 0 Å². The summed E-state index contributed by atoms with van der Waals surface area (Å²) in [5, 5.41) is 0. The molecule has 2 saturated heterocycles. The van der Waals surface area contributed by atoms with Crippen molar-refractivity contribution in [3.8, 4) is 0 Å². The van der Waals surface area contributed by atoms with Gasteiger partial charge < -0.3 is 18.9 Å². The van der Waals surface area contributed by atoms with Crippen molar-refractivity contribution in [3.05, 3.63) is 35.9 Å². The molecule has 6 nitrogen and oxygen atoms in total. The topological polar surface area (TPSA) is 71.1 Å². The molecule has 2 aliphatic heterocycles. The maximum absolute atomic E-state index is 12.5. The second kappa shape index (κ2) is 5.37. The van der Waals surface area contributed by atoms with E-state index in [1.54, 1.807) is 31.4 Å². The van der Waals surface area contributed by atoms with E-state index in [4.69, 9.17) is 18.9 Å². The zero-order valence-corrected chi connectivity index (χ0v) is 13.7. The Labute approximate surface area is 140 Å². The Kier molecular flexibility index (Phi) is 3.53. The molecule has 0 N–H and O–H groups in total. The lowest BCUT2D eigenvalue weighted by molar-refractivity contribution is -0.283. The molecule has 2 heterocycles. The van der Waals surface area contributed by atoms with Crippen LogP contribution in [0.25, 0.3) is 0 Å². The average molecular weight is 332 g/mol. The van der Waals surface area contributed by atoms with Crippen molar-refractivity contribution in [2.45, 2.75) is 37.4 Å². The summed E-state index contributed by atoms with van der Waals surface area (Å²) in [6.45, 7) is 1.94. The maximum Gasteiger partial charge on any atom is 0.338 e. The predicted molar refractivity (Wildman–Crippen MR) is 82.0 cm³/mol. The lowest BCUT2D eigenvalue weighted by Crippen LogP contribution is -2.60. The van der Waals surface area contributed by atoms with Crippen molar-refractivity contribution >= 4 is 11.8 Å². The van der Waals surface area contributed by atoms with Crippen LogP contribution in [0, 0.1) is 11.8 Å². The summed E-state index contributed by atoms with van der Waals surface area (Å²) in [6, 6.07) is 8.78. The number of ketones is 1. The minimum absolute atomic E-state index is 0.0880. The molecule has 128 valence electrons. The van der Waals surface area contributed by atoms with Crippen LogP contribution in [-0.4, -0.2) is 43.1 Å². The highest BCUT2D eigenvalue weighted by Crippen LogP contribution is 2.57. The van der Waals surface area contributed by atoms with Gasteiger partial charge in [0.15, 0.2) is 6.29 Å². The number of carbonyl (C=O) groups excluding carboxylic acids is 2. The summed E-state index contributed by atoms with van der Waals surface area (Å²) in [5.74, 6) is -1.75. The van der Waals surface area contributed by atoms with Gasteiger partial charge in [-0.3, -0.25) is 4.79 Å². The van der Waals surface area contributed by atoms with Crippen molar-refractivity contribution in [2.75, 3.05) is 13.7 Å². The summed E-state index contributed by atoms with van der Waals surface area (Å²) in [6.07, 6.45) is 0.0947. The molecule has 1 saturated carbocycles. The molecule has 6 heteroatoms. The Morgan fingerprint density at radius 3 is 2.75 bits per heavy atom. The number of carbonyl (C=O) groups is 2. The number of rotatable bonds is 4. The summed E-state index contributed by atoms with van der Waals surface area (Å²) in [7, 11) is 1.58. The van der Waals surface area contributed by atoms with E-state index < -0.39 is 23.6 Å². The molecule has 5 atom stereocenters. The van der Waals surface area contributed by atoms with Gasteiger partial charge in [0, 0.05) is 25.9 Å². The minimum atomic E-state index is -0.879. The molecule has 0 aromatic heterocycles. The highest BCUT2D eigenvalue weighted by molar-refractivity contribution is 5.89. The Balaban J connectivity index is 1.51. The van der Waals surface area contributed by atoms with E-state index in [9.17, 15) is 9.59 Å². The van der Waals surface area contributed by atoms with Gasteiger partial charge in [0.1, 0.15) is 18.0 Å². The molecule has 0 spiro atoms. The Morgan fingerprint density at radius 2 is 2.04 bits per heavy atom. The number of hydrogen-bond donors (Lipinski definition) is 0. The molecule has 0 amide bonds. The molecule has 4 rings (SSSR count). The summed E-state index contributed by atoms with van der Waals surface area (Å²) in [5.41, 5.74) is -0.298. The van der Waals surface area contributed by atoms with Gasteiger partial charge in [0.25, 0.3) is 0 Å². The van der Waals surface area contributed by atoms with Crippen molar-refractivity contribution < 1.29 is 28.5 Å². The number of benzene rings is 1. The number of Topliss-reactive ketones (excluding diaryl/α,β-unsaturated/α-hetero) is 1. The van der Waals surface area contributed by atoms with Crippen LogP contribution in [0.2, 0.25) is 0 Å². The lowest BCUT2D eigenvalue weighted by atomic mass is 9.69. The zero-order chi connectivity index (χ0) is 16.9. The molecule has 5 unspecified atom stereocenters. The van der Waals surface area contributed by atoms with E-state index in [-0.39, 0.29) is 30.6 Å². The smallest absolute Gasteiger partial charge is 0.338 e. The molecule has 1 aliphatic carbocycles. The van der Waals surface area contributed by atoms with Crippen LogP contribution in [-0.2, 0) is 23.7 Å². The SMILES string of the molecule is COC12CC3C(=O)CC1(C)OC(O2)C3COC(=O)c1ccccc1. The maximum atomic E-state index is 12.5. The molecule has 24 heavy (non-hydrogen) atoms. The Bertz CT molecular complexity index is 673. The van der Waals surface area contributed by atoms with E-state index >= 15 is 0 Å². The first-order valence-electron chi connectivity index (χ1n) is 8.14. The van der Waals surface area contributed by atoms with Gasteiger partial charge in [-0.25, -0.2) is 4.79 Å². The van der Waals surface area contributed by atoms with Crippen molar-refractivity contribution in [1.82, 2.24) is 0 Å². The number of hydrogen-bond acceptors (Lipinski definition) is 6. The van der Waals surface area contributed by atoms with Gasteiger partial charge in [-0.1, -0.05) is 18.2 Å². The molecule has 1 aromatic rings. The van der Waals surface area contributed by atoms with Crippen LogP contribution >= 0.6 is 0 Å². The van der Waals surface area contributed by atoms with Gasteiger partial charge in [0.05, 0.1) is 11.5 Å². The van der Waals surface area contributed by atoms with Gasteiger partial charge >= 0.3 is 5.97 Å². The fraction of sp³-hybridized carbons (Fsp3) is 0.556. The zero-order valence-electron chi connectivity index (χ0n) is 13.7. The first kappa shape index (κ1) is 15.7. The molecule has 1 aromatic carbocycles. The monoisotopic (exact) mass is 332 g/mol. The highest BCUT2D eigenvalue weighted by Gasteiger charge is 2.70. The number of methoxy groups -OCH3 is 1. The van der Waals surface area contributed by atoms with E-state index in [1.165, 1.54) is 0 Å². The van der Waals surface area contributed by atoms with Gasteiger partial charge in [0.2, 0.25) is 5.79 Å². The average Bonchev–Trinajstić information content (AvgIpc) is 2.78. The Morgan fingerprint density at radius 1 is 1.29 bits per heavy atom.